The fourth-order valence-corrected chi connectivity index (χ4v) is 4.98. The van der Waals surface area contributed by atoms with Crippen molar-refractivity contribution in [2.24, 2.45) is 0 Å². The van der Waals surface area contributed by atoms with Crippen LogP contribution in [0.5, 0.6) is 0 Å². The highest BCUT2D eigenvalue weighted by Crippen LogP contribution is 2.46. The van der Waals surface area contributed by atoms with E-state index in [0.29, 0.717) is 11.2 Å². The maximum absolute atomic E-state index is 13.3. The van der Waals surface area contributed by atoms with Gasteiger partial charge in [-0.1, -0.05) is 36.0 Å². The first-order chi connectivity index (χ1) is 11.2. The highest BCUT2D eigenvalue weighted by molar-refractivity contribution is 8.00. The number of thioether (sulfide) groups is 1. The molecule has 1 atom stereocenters. The zero-order valence-electron chi connectivity index (χ0n) is 12.8. The molecule has 0 bridgehead atoms. The molecule has 1 aliphatic heterocycles. The third kappa shape index (κ3) is 3.24. The van der Waals surface area contributed by atoms with Gasteiger partial charge in [0.25, 0.3) is 0 Å². The minimum atomic E-state index is -0.172. The topological polar surface area (TPSA) is 12.0 Å². The summed E-state index contributed by atoms with van der Waals surface area (Å²) in [5.74, 6) is 0.511. The quantitative estimate of drug-likeness (QED) is 0.648. The summed E-state index contributed by atoms with van der Waals surface area (Å²) in [6.45, 7) is 0. The predicted octanol–water partition coefficient (Wildman–Crippen LogP) is 6.00. The Bertz CT molecular complexity index is 693. The van der Waals surface area contributed by atoms with Crippen LogP contribution in [-0.2, 0) is 0 Å². The normalized spacial score (nSPS) is 26.6. The van der Waals surface area contributed by atoms with Gasteiger partial charge in [-0.2, -0.15) is 12.6 Å². The summed E-state index contributed by atoms with van der Waals surface area (Å²) in [6.07, 6.45) is 4.93. The van der Waals surface area contributed by atoms with Crippen LogP contribution in [0, 0.1) is 5.82 Å². The summed E-state index contributed by atoms with van der Waals surface area (Å²) in [6, 6.07) is 13.9. The maximum Gasteiger partial charge on any atom is 0.124 e. The van der Waals surface area contributed by atoms with Crippen LogP contribution in [0.25, 0.3) is 0 Å². The van der Waals surface area contributed by atoms with Crippen LogP contribution in [0.4, 0.5) is 10.1 Å². The summed E-state index contributed by atoms with van der Waals surface area (Å²) in [5.41, 5.74) is 3.72. The Morgan fingerprint density at radius 1 is 0.957 bits per heavy atom. The van der Waals surface area contributed by atoms with Gasteiger partial charge in [-0.05, 0) is 60.9 Å². The highest BCUT2D eigenvalue weighted by Gasteiger charge is 2.24. The van der Waals surface area contributed by atoms with Gasteiger partial charge in [0, 0.05) is 15.8 Å². The Kier molecular flexibility index (Phi) is 4.29. The lowest BCUT2D eigenvalue weighted by molar-refractivity contribution is 0.454. The molecule has 1 aliphatic carbocycles. The Morgan fingerprint density at radius 2 is 1.65 bits per heavy atom. The number of benzene rings is 2. The maximum atomic E-state index is 13.3. The molecule has 0 aromatic heterocycles. The molecule has 1 nitrogen and oxygen atoms in total. The van der Waals surface area contributed by atoms with E-state index in [1.54, 1.807) is 17.8 Å². The molecular formula is C19H20FNS2. The molecule has 0 radical (unpaired) electrons. The van der Waals surface area contributed by atoms with Crippen LogP contribution in [0.15, 0.2) is 47.4 Å². The van der Waals surface area contributed by atoms with Crippen molar-refractivity contribution in [1.29, 1.82) is 0 Å². The van der Waals surface area contributed by atoms with Crippen molar-refractivity contribution in [2.75, 3.05) is 5.32 Å². The average Bonchev–Trinajstić information content (AvgIpc) is 2.99. The smallest absolute Gasteiger partial charge is 0.124 e. The van der Waals surface area contributed by atoms with Gasteiger partial charge < -0.3 is 5.32 Å². The summed E-state index contributed by atoms with van der Waals surface area (Å²) >= 11 is 6.27. The van der Waals surface area contributed by atoms with E-state index in [-0.39, 0.29) is 11.2 Å². The van der Waals surface area contributed by atoms with E-state index in [0.717, 1.165) is 10.6 Å². The Morgan fingerprint density at radius 3 is 2.39 bits per heavy atom. The second-order valence-corrected chi connectivity index (χ2v) is 8.33. The van der Waals surface area contributed by atoms with Crippen LogP contribution in [0.2, 0.25) is 0 Å². The minimum absolute atomic E-state index is 0.172. The lowest BCUT2D eigenvalue weighted by Crippen LogP contribution is -2.13. The van der Waals surface area contributed by atoms with Gasteiger partial charge in [0.2, 0.25) is 0 Å². The largest absolute Gasteiger partial charge is 0.368 e. The average molecular weight is 346 g/mol. The first kappa shape index (κ1) is 15.4. The van der Waals surface area contributed by atoms with Crippen LogP contribution in [-0.4, -0.2) is 5.25 Å². The first-order valence-electron chi connectivity index (χ1n) is 8.20. The molecule has 1 N–H and O–H groups in total. The van der Waals surface area contributed by atoms with Gasteiger partial charge in [0.15, 0.2) is 0 Å². The van der Waals surface area contributed by atoms with Gasteiger partial charge in [-0.15, -0.1) is 0 Å². The van der Waals surface area contributed by atoms with Gasteiger partial charge in [0.1, 0.15) is 11.2 Å². The van der Waals surface area contributed by atoms with E-state index in [1.807, 2.05) is 6.07 Å². The van der Waals surface area contributed by atoms with Gasteiger partial charge in [-0.3, -0.25) is 0 Å². The number of thiol groups is 1. The molecule has 4 rings (SSSR count). The number of nitrogens with one attached hydrogen (secondary N) is 1. The molecule has 2 aromatic carbocycles. The van der Waals surface area contributed by atoms with Crippen molar-refractivity contribution >= 4 is 30.1 Å². The summed E-state index contributed by atoms with van der Waals surface area (Å²) in [4.78, 5) is 0.992. The molecule has 1 heterocycles. The molecule has 120 valence electrons. The number of rotatable bonds is 2. The SMILES string of the molecule is Fc1ccc2c(c1)SC(c1ccc(C3CCC(S)CC3)cc1)N2. The van der Waals surface area contributed by atoms with Crippen molar-refractivity contribution in [2.45, 2.75) is 47.1 Å². The van der Waals surface area contributed by atoms with Crippen LogP contribution in [0.1, 0.15) is 48.1 Å². The van der Waals surface area contributed by atoms with Gasteiger partial charge >= 0.3 is 0 Å². The van der Waals surface area contributed by atoms with E-state index >= 15 is 0 Å². The number of hydrogen-bond donors (Lipinski definition) is 2. The number of halogens is 1. The predicted molar refractivity (Wildman–Crippen MR) is 99.0 cm³/mol. The molecule has 0 spiro atoms. The third-order valence-corrected chi connectivity index (χ3v) is 6.62. The van der Waals surface area contributed by atoms with Crippen molar-refractivity contribution in [1.82, 2.24) is 0 Å². The second-order valence-electron chi connectivity index (χ2n) is 6.45. The molecule has 1 fully saturated rings. The van der Waals surface area contributed by atoms with E-state index in [1.165, 1.54) is 42.9 Å². The molecule has 1 unspecified atom stereocenters. The summed E-state index contributed by atoms with van der Waals surface area (Å²) in [7, 11) is 0. The lowest BCUT2D eigenvalue weighted by Gasteiger charge is -2.26. The fourth-order valence-electron chi connectivity index (χ4n) is 3.51. The minimum Gasteiger partial charge on any atom is -0.368 e. The van der Waals surface area contributed by atoms with E-state index in [2.05, 4.69) is 42.2 Å². The fraction of sp³-hybridized carbons (Fsp3) is 0.368. The van der Waals surface area contributed by atoms with Gasteiger partial charge in [0.05, 0.1) is 0 Å². The highest BCUT2D eigenvalue weighted by atomic mass is 32.2. The Labute approximate surface area is 146 Å². The monoisotopic (exact) mass is 345 g/mol. The summed E-state index contributed by atoms with van der Waals surface area (Å²) in [5, 5.41) is 4.23. The van der Waals surface area contributed by atoms with E-state index < -0.39 is 0 Å². The summed E-state index contributed by atoms with van der Waals surface area (Å²) < 4.78 is 13.3. The van der Waals surface area contributed by atoms with Gasteiger partial charge in [-0.25, -0.2) is 4.39 Å². The zero-order chi connectivity index (χ0) is 15.8. The second kappa shape index (κ2) is 6.40. The lowest BCUT2D eigenvalue weighted by atomic mass is 9.83. The number of anilines is 1. The van der Waals surface area contributed by atoms with Crippen LogP contribution >= 0.6 is 24.4 Å². The molecule has 0 amide bonds. The molecule has 2 aliphatic rings. The van der Waals surface area contributed by atoms with Crippen molar-refractivity contribution in [3.63, 3.8) is 0 Å². The Balaban J connectivity index is 1.47. The molecular weight excluding hydrogens is 325 g/mol. The standard InChI is InChI=1S/C19H20FNS2/c20-15-7-10-17-18(11-15)23-19(21-17)14-3-1-12(2-4-14)13-5-8-16(22)9-6-13/h1-4,7,10-11,13,16,19,21-22H,5-6,8-9H2. The van der Waals surface area contributed by atoms with Crippen molar-refractivity contribution in [3.05, 3.63) is 59.4 Å². The van der Waals surface area contributed by atoms with Crippen LogP contribution in [0.3, 0.4) is 0 Å². The first-order valence-corrected chi connectivity index (χ1v) is 9.59. The molecule has 4 heteroatoms. The van der Waals surface area contributed by atoms with Crippen molar-refractivity contribution in [3.8, 4) is 0 Å². The van der Waals surface area contributed by atoms with Crippen LogP contribution < -0.4 is 5.32 Å². The molecule has 1 saturated carbocycles. The third-order valence-electron chi connectivity index (χ3n) is 4.88. The number of hydrogen-bond acceptors (Lipinski definition) is 3. The van der Waals surface area contributed by atoms with Crippen molar-refractivity contribution < 1.29 is 4.39 Å². The molecule has 2 aromatic rings. The number of fused-ring (bicyclic) bond motifs is 1. The van der Waals surface area contributed by atoms with E-state index in [4.69, 9.17) is 0 Å². The molecule has 0 saturated heterocycles. The molecule has 23 heavy (non-hydrogen) atoms. The Hall–Kier alpha value is -1.13. The zero-order valence-corrected chi connectivity index (χ0v) is 14.5. The van der Waals surface area contributed by atoms with E-state index in [9.17, 15) is 4.39 Å².